The van der Waals surface area contributed by atoms with E-state index in [9.17, 15) is 0 Å². The zero-order valence-electron chi connectivity index (χ0n) is 12.1. The van der Waals surface area contributed by atoms with Crippen molar-refractivity contribution in [3.63, 3.8) is 0 Å². The Morgan fingerprint density at radius 1 is 1.00 bits per heavy atom. The molecule has 1 saturated carbocycles. The maximum absolute atomic E-state index is 6.21. The zero-order chi connectivity index (χ0) is 12.7. The van der Waals surface area contributed by atoms with E-state index in [4.69, 9.17) is 9.31 Å². The highest BCUT2D eigenvalue weighted by Crippen LogP contribution is 2.46. The molecule has 2 aliphatic rings. The molecule has 2 fully saturated rings. The highest BCUT2D eigenvalue weighted by molar-refractivity contribution is 6.47. The van der Waals surface area contributed by atoms with Crippen molar-refractivity contribution in [1.82, 2.24) is 0 Å². The second-order valence-corrected chi connectivity index (χ2v) is 6.74. The lowest BCUT2D eigenvalue weighted by Crippen LogP contribution is -2.41. The first kappa shape index (κ1) is 13.4. The highest BCUT2D eigenvalue weighted by Gasteiger charge is 2.54. The topological polar surface area (TPSA) is 18.5 Å². The lowest BCUT2D eigenvalue weighted by atomic mass is 9.58. The normalized spacial score (nSPS) is 36.2. The van der Waals surface area contributed by atoms with Gasteiger partial charge in [-0.3, -0.25) is 0 Å². The SMILES string of the molecule is CCC1CCCCC1B1OC(C)(C)C(C)(C)O1. The molecular formula is C14H27BO2. The first-order valence-corrected chi connectivity index (χ1v) is 7.23. The molecule has 1 aliphatic heterocycles. The van der Waals surface area contributed by atoms with Crippen LogP contribution >= 0.6 is 0 Å². The molecule has 2 unspecified atom stereocenters. The summed E-state index contributed by atoms with van der Waals surface area (Å²) in [4.78, 5) is 0. The summed E-state index contributed by atoms with van der Waals surface area (Å²) in [5.41, 5.74) is -0.346. The average Bonchev–Trinajstić information content (AvgIpc) is 2.48. The lowest BCUT2D eigenvalue weighted by Gasteiger charge is -2.32. The number of hydrogen-bond donors (Lipinski definition) is 0. The van der Waals surface area contributed by atoms with Crippen LogP contribution in [0.15, 0.2) is 0 Å². The zero-order valence-corrected chi connectivity index (χ0v) is 12.1. The van der Waals surface area contributed by atoms with E-state index in [1.807, 2.05) is 0 Å². The number of hydrogen-bond acceptors (Lipinski definition) is 2. The van der Waals surface area contributed by atoms with Gasteiger partial charge in [0.1, 0.15) is 0 Å². The van der Waals surface area contributed by atoms with Crippen molar-refractivity contribution < 1.29 is 9.31 Å². The van der Waals surface area contributed by atoms with Crippen LogP contribution < -0.4 is 0 Å². The summed E-state index contributed by atoms with van der Waals surface area (Å²) in [6.45, 7) is 10.9. The Kier molecular flexibility index (Phi) is 3.62. The van der Waals surface area contributed by atoms with Gasteiger partial charge in [0.05, 0.1) is 11.2 Å². The van der Waals surface area contributed by atoms with Crippen molar-refractivity contribution in [2.45, 2.75) is 83.7 Å². The van der Waals surface area contributed by atoms with Crippen LogP contribution in [0, 0.1) is 5.92 Å². The van der Waals surface area contributed by atoms with E-state index in [0.29, 0.717) is 5.82 Å². The highest BCUT2D eigenvalue weighted by atomic mass is 16.7. The van der Waals surface area contributed by atoms with Crippen LogP contribution in [0.5, 0.6) is 0 Å². The summed E-state index contributed by atoms with van der Waals surface area (Å²) in [6.07, 6.45) is 6.61. The monoisotopic (exact) mass is 238 g/mol. The first-order chi connectivity index (χ1) is 7.87. The molecule has 17 heavy (non-hydrogen) atoms. The predicted molar refractivity (Wildman–Crippen MR) is 72.1 cm³/mol. The van der Waals surface area contributed by atoms with E-state index in [2.05, 4.69) is 34.6 Å². The van der Waals surface area contributed by atoms with Gasteiger partial charge in [0.2, 0.25) is 0 Å². The minimum Gasteiger partial charge on any atom is -0.403 e. The maximum atomic E-state index is 6.21. The van der Waals surface area contributed by atoms with Crippen molar-refractivity contribution in [3.05, 3.63) is 0 Å². The summed E-state index contributed by atoms with van der Waals surface area (Å²) in [6, 6.07) is 0. The van der Waals surface area contributed by atoms with Crippen LogP contribution in [-0.4, -0.2) is 18.3 Å². The van der Waals surface area contributed by atoms with Crippen molar-refractivity contribution in [1.29, 1.82) is 0 Å². The van der Waals surface area contributed by atoms with Crippen LogP contribution in [0.25, 0.3) is 0 Å². The average molecular weight is 238 g/mol. The molecule has 2 atom stereocenters. The van der Waals surface area contributed by atoms with E-state index in [-0.39, 0.29) is 18.3 Å². The molecular weight excluding hydrogens is 211 g/mol. The minimum atomic E-state index is -0.173. The Morgan fingerprint density at radius 2 is 1.53 bits per heavy atom. The van der Waals surface area contributed by atoms with Gasteiger partial charge in [-0.25, -0.2) is 0 Å². The van der Waals surface area contributed by atoms with Crippen LogP contribution in [0.2, 0.25) is 5.82 Å². The molecule has 2 rings (SSSR count). The fourth-order valence-corrected chi connectivity index (χ4v) is 3.16. The van der Waals surface area contributed by atoms with E-state index in [1.54, 1.807) is 0 Å². The molecule has 1 saturated heterocycles. The summed E-state index contributed by atoms with van der Waals surface area (Å²) >= 11 is 0. The van der Waals surface area contributed by atoms with E-state index >= 15 is 0 Å². The lowest BCUT2D eigenvalue weighted by molar-refractivity contribution is 0.00578. The van der Waals surface area contributed by atoms with Crippen molar-refractivity contribution in [2.75, 3.05) is 0 Å². The molecule has 98 valence electrons. The predicted octanol–water partition coefficient (Wildman–Crippen LogP) is 4.05. The van der Waals surface area contributed by atoms with Gasteiger partial charge in [0.25, 0.3) is 0 Å². The van der Waals surface area contributed by atoms with Crippen molar-refractivity contribution >= 4 is 7.12 Å². The molecule has 0 aromatic heterocycles. The van der Waals surface area contributed by atoms with Gasteiger partial charge >= 0.3 is 7.12 Å². The van der Waals surface area contributed by atoms with Crippen LogP contribution in [-0.2, 0) is 9.31 Å². The molecule has 0 amide bonds. The second-order valence-electron chi connectivity index (χ2n) is 6.74. The first-order valence-electron chi connectivity index (χ1n) is 7.23. The van der Waals surface area contributed by atoms with Crippen LogP contribution in [0.4, 0.5) is 0 Å². The Balaban J connectivity index is 2.08. The fourth-order valence-electron chi connectivity index (χ4n) is 3.16. The van der Waals surface area contributed by atoms with E-state index in [1.165, 1.54) is 32.1 Å². The molecule has 0 spiro atoms. The molecule has 0 N–H and O–H groups in total. The van der Waals surface area contributed by atoms with Gasteiger partial charge in [-0.05, 0) is 39.4 Å². The minimum absolute atomic E-state index is 0.0188. The molecule has 3 heteroatoms. The van der Waals surface area contributed by atoms with Gasteiger partial charge in [0.15, 0.2) is 0 Å². The number of rotatable bonds is 2. The smallest absolute Gasteiger partial charge is 0.403 e. The molecule has 0 aromatic rings. The molecule has 2 nitrogen and oxygen atoms in total. The van der Waals surface area contributed by atoms with Gasteiger partial charge in [-0.15, -0.1) is 0 Å². The third kappa shape index (κ3) is 2.41. The Labute approximate surface area is 107 Å². The van der Waals surface area contributed by atoms with Crippen molar-refractivity contribution in [3.8, 4) is 0 Å². The summed E-state index contributed by atoms with van der Waals surface area (Å²) in [5, 5.41) is 0. The van der Waals surface area contributed by atoms with Crippen molar-refractivity contribution in [2.24, 2.45) is 5.92 Å². The third-order valence-corrected chi connectivity index (χ3v) is 5.11. The molecule has 0 bridgehead atoms. The Bertz CT molecular complexity index is 259. The Hall–Kier alpha value is -0.0151. The molecule has 1 heterocycles. The van der Waals surface area contributed by atoms with Gasteiger partial charge in [-0.1, -0.05) is 39.0 Å². The van der Waals surface area contributed by atoms with Gasteiger partial charge in [0, 0.05) is 0 Å². The van der Waals surface area contributed by atoms with Crippen LogP contribution in [0.1, 0.15) is 66.7 Å². The maximum Gasteiger partial charge on any atom is 0.461 e. The van der Waals surface area contributed by atoms with Gasteiger partial charge in [-0.2, -0.15) is 0 Å². The second kappa shape index (κ2) is 4.58. The summed E-state index contributed by atoms with van der Waals surface area (Å²) in [7, 11) is 0.0188. The molecule has 0 aromatic carbocycles. The fraction of sp³-hybridized carbons (Fsp3) is 1.00. The standard InChI is InChI=1S/C14H27BO2/c1-6-11-9-7-8-10-12(11)15-16-13(2,3)14(4,5)17-15/h11-12H,6-10H2,1-5H3. The van der Waals surface area contributed by atoms with E-state index in [0.717, 1.165) is 5.92 Å². The van der Waals surface area contributed by atoms with Crippen LogP contribution in [0.3, 0.4) is 0 Å². The summed E-state index contributed by atoms with van der Waals surface area (Å²) < 4.78 is 12.4. The van der Waals surface area contributed by atoms with Gasteiger partial charge < -0.3 is 9.31 Å². The quantitative estimate of drug-likeness (QED) is 0.675. The van der Waals surface area contributed by atoms with E-state index < -0.39 is 0 Å². The summed E-state index contributed by atoms with van der Waals surface area (Å²) in [5.74, 6) is 1.40. The Morgan fingerprint density at radius 3 is 2.06 bits per heavy atom. The third-order valence-electron chi connectivity index (χ3n) is 5.11. The largest absolute Gasteiger partial charge is 0.461 e. The molecule has 0 radical (unpaired) electrons. The molecule has 1 aliphatic carbocycles.